The summed E-state index contributed by atoms with van der Waals surface area (Å²) in [7, 11) is 0. The van der Waals surface area contributed by atoms with Crippen LogP contribution in [-0.2, 0) is 11.0 Å². The Morgan fingerprint density at radius 2 is 1.97 bits per heavy atom. The minimum Gasteiger partial charge on any atom is -0.368 e. The lowest BCUT2D eigenvalue weighted by Gasteiger charge is -2.44. The summed E-state index contributed by atoms with van der Waals surface area (Å²) >= 11 is 1.77. The average Bonchev–Trinajstić information content (AvgIpc) is 3.59. The number of quaternary nitrogens is 1. The molecule has 2 aromatic rings. The molecule has 2 saturated heterocycles. The van der Waals surface area contributed by atoms with Crippen LogP contribution in [0.3, 0.4) is 0 Å². The van der Waals surface area contributed by atoms with Gasteiger partial charge < -0.3 is 9.80 Å². The summed E-state index contributed by atoms with van der Waals surface area (Å²) in [5.41, 5.74) is 1.77. The van der Waals surface area contributed by atoms with Crippen molar-refractivity contribution in [3.8, 4) is 0 Å². The lowest BCUT2D eigenvalue weighted by atomic mass is 10.1. The van der Waals surface area contributed by atoms with Crippen LogP contribution in [0.4, 0.5) is 18.9 Å². The molecule has 2 aromatic heterocycles. The fourth-order valence-corrected chi connectivity index (χ4v) is 6.25. The van der Waals surface area contributed by atoms with Gasteiger partial charge in [0.25, 0.3) is 5.91 Å². The van der Waals surface area contributed by atoms with Gasteiger partial charge in [0.05, 0.1) is 30.1 Å². The van der Waals surface area contributed by atoms with E-state index in [2.05, 4.69) is 21.2 Å². The van der Waals surface area contributed by atoms with Crippen LogP contribution in [0, 0.1) is 0 Å². The van der Waals surface area contributed by atoms with Crippen LogP contribution in [0.15, 0.2) is 60.2 Å². The Morgan fingerprint density at radius 3 is 2.71 bits per heavy atom. The third kappa shape index (κ3) is 3.82. The van der Waals surface area contributed by atoms with Gasteiger partial charge in [-0.25, -0.2) is 4.98 Å². The first-order valence-corrected chi connectivity index (χ1v) is 12.7. The molecule has 7 nitrogen and oxygen atoms in total. The minimum atomic E-state index is -4.52. The summed E-state index contributed by atoms with van der Waals surface area (Å²) in [4.78, 5) is 24.8. The minimum absolute atomic E-state index is 0.102. The molecular weight excluding hydrogens is 477 g/mol. The van der Waals surface area contributed by atoms with E-state index < -0.39 is 11.9 Å². The van der Waals surface area contributed by atoms with Crippen molar-refractivity contribution in [1.29, 1.82) is 0 Å². The molecule has 35 heavy (non-hydrogen) atoms. The van der Waals surface area contributed by atoms with Crippen LogP contribution in [-0.4, -0.2) is 81.3 Å². The highest BCUT2D eigenvalue weighted by molar-refractivity contribution is 7.99. The lowest BCUT2D eigenvalue weighted by molar-refractivity contribution is -0.948. The highest BCUT2D eigenvalue weighted by Gasteiger charge is 2.48. The van der Waals surface area contributed by atoms with Crippen molar-refractivity contribution in [2.75, 3.05) is 55.8 Å². The van der Waals surface area contributed by atoms with Gasteiger partial charge in [0, 0.05) is 61.0 Å². The molecule has 0 aromatic carbocycles. The number of thioether (sulfide) groups is 1. The van der Waals surface area contributed by atoms with Crippen LogP contribution in [0.1, 0.15) is 5.69 Å². The smallest absolute Gasteiger partial charge is 0.368 e. The highest BCUT2D eigenvalue weighted by Crippen LogP contribution is 2.39. The van der Waals surface area contributed by atoms with E-state index in [0.717, 1.165) is 35.5 Å². The van der Waals surface area contributed by atoms with Crippen molar-refractivity contribution in [3.05, 3.63) is 65.9 Å². The molecule has 1 amide bonds. The molecule has 0 N–H and O–H groups in total. The second-order valence-electron chi connectivity index (χ2n) is 9.05. The molecule has 0 bridgehead atoms. The molecule has 0 spiro atoms. The first-order valence-electron chi connectivity index (χ1n) is 11.5. The molecule has 182 valence electrons. The second-order valence-corrected chi connectivity index (χ2v) is 10.1. The first kappa shape index (κ1) is 22.6. The maximum atomic E-state index is 13.5. The molecule has 0 aliphatic carbocycles. The number of rotatable bonds is 3. The van der Waals surface area contributed by atoms with Crippen molar-refractivity contribution < 1.29 is 22.6 Å². The second kappa shape index (κ2) is 8.35. The van der Waals surface area contributed by atoms with Crippen LogP contribution in [0.5, 0.6) is 0 Å². The van der Waals surface area contributed by atoms with Crippen LogP contribution < -0.4 is 4.90 Å². The summed E-state index contributed by atoms with van der Waals surface area (Å²) in [6.45, 7) is 3.74. The number of piperazine rings is 1. The van der Waals surface area contributed by atoms with Gasteiger partial charge in [0.15, 0.2) is 5.70 Å². The van der Waals surface area contributed by atoms with Crippen molar-refractivity contribution in [2.45, 2.75) is 6.18 Å². The zero-order valence-corrected chi connectivity index (χ0v) is 19.7. The predicted octanol–water partition coefficient (Wildman–Crippen LogP) is 3.39. The maximum absolute atomic E-state index is 13.5. The Morgan fingerprint density at radius 1 is 1.14 bits per heavy atom. The molecule has 0 saturated carbocycles. The summed E-state index contributed by atoms with van der Waals surface area (Å²) in [6, 6.07) is 2.65. The monoisotopic (exact) mass is 501 g/mol. The fourth-order valence-electron chi connectivity index (χ4n) is 5.30. The number of aromatic nitrogens is 2. The number of carbonyl (C=O) groups excluding carboxylic acids is 1. The van der Waals surface area contributed by atoms with E-state index in [1.165, 1.54) is 12.3 Å². The molecule has 4 aliphatic heterocycles. The third-order valence-corrected chi connectivity index (χ3v) is 8.04. The van der Waals surface area contributed by atoms with E-state index in [-0.39, 0.29) is 11.4 Å². The Hall–Kier alpha value is -2.89. The number of pyridine rings is 2. The highest BCUT2D eigenvalue weighted by atomic mass is 32.2. The number of fused-ring (bicyclic) bond motifs is 2. The Bertz CT molecular complexity index is 1280. The SMILES string of the molecule is O=C(C1=CC2=CC=C[N@@+]2(N2CCN(c3cc(C(F)(F)F)nc4ccncc34)CC2)C1)N1CCSC1. The number of nitrogens with zero attached hydrogens (tertiary/aromatic N) is 6. The van der Waals surface area contributed by atoms with Gasteiger partial charge in [0.1, 0.15) is 18.4 Å². The number of amides is 1. The zero-order valence-electron chi connectivity index (χ0n) is 18.9. The topological polar surface area (TPSA) is 52.6 Å². The number of carbonyl (C=O) groups is 1. The van der Waals surface area contributed by atoms with E-state index >= 15 is 0 Å². The zero-order chi connectivity index (χ0) is 24.2. The van der Waals surface area contributed by atoms with Crippen molar-refractivity contribution >= 4 is 34.3 Å². The van der Waals surface area contributed by atoms with Gasteiger partial charge in [-0.3, -0.25) is 9.78 Å². The van der Waals surface area contributed by atoms with Crippen LogP contribution in [0.2, 0.25) is 0 Å². The van der Waals surface area contributed by atoms with E-state index in [1.54, 1.807) is 18.0 Å². The number of anilines is 1. The largest absolute Gasteiger partial charge is 0.433 e. The average molecular weight is 502 g/mol. The first-order chi connectivity index (χ1) is 16.8. The number of hydrogen-bond acceptors (Lipinski definition) is 6. The van der Waals surface area contributed by atoms with E-state index in [0.29, 0.717) is 48.4 Å². The number of allylic oxidation sites excluding steroid dienone is 3. The molecular formula is C24H24F3N6OS+. The predicted molar refractivity (Wildman–Crippen MR) is 128 cm³/mol. The van der Waals surface area contributed by atoms with Gasteiger partial charge in [-0.05, 0) is 18.2 Å². The van der Waals surface area contributed by atoms with E-state index in [9.17, 15) is 18.0 Å². The summed E-state index contributed by atoms with van der Waals surface area (Å²) in [6.07, 6.45) is 6.69. The molecule has 1 atom stereocenters. The standard InChI is InChI=1S/C24H24F3N6OS/c25-24(26,27)22-13-21(19-14-28-4-3-20(19)29-22)30-5-7-32(8-6-30)33-10-1-2-18(33)12-17(15-33)23(34)31-9-11-35-16-31/h1-4,10,12-14H,5-9,11,15-16H2/q+1/t33-/m1/s1. The Balaban J connectivity index is 1.23. The quantitative estimate of drug-likeness (QED) is 0.602. The molecule has 11 heteroatoms. The molecule has 2 fully saturated rings. The fraction of sp³-hybridized carbons (Fsp3) is 0.375. The molecule has 0 unspecified atom stereocenters. The Labute approximate surface area is 204 Å². The number of halogens is 3. The van der Waals surface area contributed by atoms with Crippen molar-refractivity contribution in [2.24, 2.45) is 0 Å². The molecule has 0 radical (unpaired) electrons. The summed E-state index contributed by atoms with van der Waals surface area (Å²) in [5, 5.41) is 2.91. The van der Waals surface area contributed by atoms with Crippen molar-refractivity contribution in [1.82, 2.24) is 19.9 Å². The van der Waals surface area contributed by atoms with Crippen LogP contribution in [0.25, 0.3) is 10.9 Å². The maximum Gasteiger partial charge on any atom is 0.433 e. The molecule has 4 aliphatic rings. The lowest BCUT2D eigenvalue weighted by Crippen LogP contribution is -2.60. The van der Waals surface area contributed by atoms with Gasteiger partial charge in [-0.15, -0.1) is 16.8 Å². The normalized spacial score (nSPS) is 24.8. The van der Waals surface area contributed by atoms with Gasteiger partial charge in [-0.2, -0.15) is 17.8 Å². The molecule has 6 rings (SSSR count). The summed E-state index contributed by atoms with van der Waals surface area (Å²) < 4.78 is 41.1. The number of alkyl halides is 3. The summed E-state index contributed by atoms with van der Waals surface area (Å²) in [5.74, 6) is 1.81. The molecule has 6 heterocycles. The van der Waals surface area contributed by atoms with E-state index in [1.807, 2.05) is 28.0 Å². The number of hydrogen-bond donors (Lipinski definition) is 0. The van der Waals surface area contributed by atoms with Gasteiger partial charge in [0.2, 0.25) is 0 Å². The third-order valence-electron chi connectivity index (χ3n) is 7.08. The van der Waals surface area contributed by atoms with Gasteiger partial charge >= 0.3 is 6.18 Å². The van der Waals surface area contributed by atoms with E-state index in [4.69, 9.17) is 0 Å². The van der Waals surface area contributed by atoms with Crippen LogP contribution >= 0.6 is 11.8 Å². The van der Waals surface area contributed by atoms with Crippen molar-refractivity contribution in [3.63, 3.8) is 0 Å². The Kier molecular flexibility index (Phi) is 5.39. The van der Waals surface area contributed by atoms with Gasteiger partial charge in [-0.1, -0.05) is 0 Å².